The van der Waals surface area contributed by atoms with E-state index in [-0.39, 0.29) is 12.4 Å². The first-order chi connectivity index (χ1) is 9.22. The summed E-state index contributed by atoms with van der Waals surface area (Å²) in [5.74, 6) is -0.559. The second kappa shape index (κ2) is 12.9. The number of hydrogen-bond donors (Lipinski definition) is 0. The molecule has 0 heterocycles. The maximum Gasteiger partial charge on any atom is 0.372 e. The standard InChI is InChI=1S/C13H22O6/c1-4-15-6-7-16-8-9-17-10-11-19-12(3)13(14)18-5-2/h4H,1,3,5-11H2,2H3. The number of esters is 1. The molecule has 0 aliphatic carbocycles. The summed E-state index contributed by atoms with van der Waals surface area (Å²) >= 11 is 0. The normalized spacial score (nSPS) is 9.74. The maximum atomic E-state index is 11.1. The molecule has 0 unspecified atom stereocenters. The number of rotatable bonds is 13. The topological polar surface area (TPSA) is 63.2 Å². The largest absolute Gasteiger partial charge is 0.499 e. The Hall–Kier alpha value is -1.53. The van der Waals surface area contributed by atoms with Gasteiger partial charge in [0.25, 0.3) is 0 Å². The molecule has 0 saturated carbocycles. The van der Waals surface area contributed by atoms with Crippen LogP contribution in [0, 0.1) is 0 Å². The lowest BCUT2D eigenvalue weighted by Gasteiger charge is -2.09. The average molecular weight is 274 g/mol. The van der Waals surface area contributed by atoms with Crippen molar-refractivity contribution in [2.24, 2.45) is 0 Å². The molecule has 0 spiro atoms. The first kappa shape index (κ1) is 17.5. The van der Waals surface area contributed by atoms with Crippen LogP contribution < -0.4 is 0 Å². The van der Waals surface area contributed by atoms with Crippen molar-refractivity contribution in [1.29, 1.82) is 0 Å². The van der Waals surface area contributed by atoms with Gasteiger partial charge in [-0.3, -0.25) is 0 Å². The predicted molar refractivity (Wildman–Crippen MR) is 69.5 cm³/mol. The molecule has 0 N–H and O–H groups in total. The Morgan fingerprint density at radius 1 is 1.00 bits per heavy atom. The third-order valence-electron chi connectivity index (χ3n) is 1.84. The quantitative estimate of drug-likeness (QED) is 0.218. The van der Waals surface area contributed by atoms with E-state index in [0.717, 1.165) is 0 Å². The van der Waals surface area contributed by atoms with Gasteiger partial charge in [0.15, 0.2) is 5.76 Å². The number of carbonyl (C=O) groups is 1. The predicted octanol–water partition coefficient (Wildman–Crippen LogP) is 1.27. The summed E-state index contributed by atoms with van der Waals surface area (Å²) in [6.07, 6.45) is 1.37. The second-order valence-corrected chi connectivity index (χ2v) is 3.25. The van der Waals surface area contributed by atoms with Crippen LogP contribution in [-0.4, -0.2) is 52.2 Å². The van der Waals surface area contributed by atoms with Crippen LogP contribution in [0.1, 0.15) is 6.92 Å². The molecule has 0 amide bonds. The zero-order chi connectivity index (χ0) is 14.3. The zero-order valence-electron chi connectivity index (χ0n) is 11.4. The van der Waals surface area contributed by atoms with E-state index in [1.807, 2.05) is 0 Å². The van der Waals surface area contributed by atoms with Crippen LogP contribution in [0.15, 0.2) is 25.2 Å². The highest BCUT2D eigenvalue weighted by Gasteiger charge is 2.07. The molecule has 0 aromatic carbocycles. The van der Waals surface area contributed by atoms with Gasteiger partial charge in [-0.05, 0) is 13.5 Å². The lowest BCUT2D eigenvalue weighted by molar-refractivity contribution is -0.142. The molecule has 0 fully saturated rings. The van der Waals surface area contributed by atoms with Gasteiger partial charge in [-0.25, -0.2) is 4.79 Å². The van der Waals surface area contributed by atoms with Crippen molar-refractivity contribution in [2.45, 2.75) is 6.92 Å². The van der Waals surface area contributed by atoms with Crippen molar-refractivity contribution in [2.75, 3.05) is 46.2 Å². The molecular formula is C13H22O6. The van der Waals surface area contributed by atoms with E-state index in [1.54, 1.807) is 6.92 Å². The summed E-state index contributed by atoms with van der Waals surface area (Å²) in [4.78, 5) is 11.1. The van der Waals surface area contributed by atoms with E-state index >= 15 is 0 Å². The Kier molecular flexibility index (Phi) is 11.9. The van der Waals surface area contributed by atoms with Gasteiger partial charge in [-0.1, -0.05) is 6.58 Å². The lowest BCUT2D eigenvalue weighted by Crippen LogP contribution is -2.14. The zero-order valence-corrected chi connectivity index (χ0v) is 11.4. The minimum absolute atomic E-state index is 0.0109. The highest BCUT2D eigenvalue weighted by molar-refractivity contribution is 5.85. The van der Waals surface area contributed by atoms with Gasteiger partial charge < -0.3 is 23.7 Å². The fourth-order valence-electron chi connectivity index (χ4n) is 1.01. The monoisotopic (exact) mass is 274 g/mol. The average Bonchev–Trinajstić information content (AvgIpc) is 2.41. The van der Waals surface area contributed by atoms with Crippen molar-refractivity contribution in [3.05, 3.63) is 25.2 Å². The minimum atomic E-state index is -0.548. The van der Waals surface area contributed by atoms with Crippen molar-refractivity contribution >= 4 is 5.97 Å². The fourth-order valence-corrected chi connectivity index (χ4v) is 1.01. The Morgan fingerprint density at radius 2 is 1.58 bits per heavy atom. The van der Waals surface area contributed by atoms with Crippen LogP contribution in [0.5, 0.6) is 0 Å². The Bertz CT molecular complexity index is 264. The minimum Gasteiger partial charge on any atom is -0.499 e. The van der Waals surface area contributed by atoms with Crippen LogP contribution >= 0.6 is 0 Å². The van der Waals surface area contributed by atoms with E-state index < -0.39 is 5.97 Å². The number of carbonyl (C=O) groups excluding carboxylic acids is 1. The van der Waals surface area contributed by atoms with Gasteiger partial charge in [0.2, 0.25) is 0 Å². The van der Waals surface area contributed by atoms with E-state index in [1.165, 1.54) is 6.26 Å². The van der Waals surface area contributed by atoms with Gasteiger partial charge in [-0.2, -0.15) is 0 Å². The fraction of sp³-hybridized carbons (Fsp3) is 0.615. The Morgan fingerprint density at radius 3 is 2.16 bits per heavy atom. The molecule has 19 heavy (non-hydrogen) atoms. The summed E-state index contributed by atoms with van der Waals surface area (Å²) in [5, 5.41) is 0. The third-order valence-corrected chi connectivity index (χ3v) is 1.84. The smallest absolute Gasteiger partial charge is 0.372 e. The van der Waals surface area contributed by atoms with Crippen molar-refractivity contribution in [3.63, 3.8) is 0 Å². The van der Waals surface area contributed by atoms with E-state index in [4.69, 9.17) is 23.7 Å². The molecule has 0 saturated heterocycles. The molecule has 0 aromatic rings. The molecule has 0 aliphatic rings. The van der Waals surface area contributed by atoms with Gasteiger partial charge in [-0.15, -0.1) is 0 Å². The van der Waals surface area contributed by atoms with Crippen LogP contribution in [0.4, 0.5) is 0 Å². The highest BCUT2D eigenvalue weighted by Crippen LogP contribution is 1.97. The molecule has 0 rings (SSSR count). The van der Waals surface area contributed by atoms with E-state index in [0.29, 0.717) is 39.6 Å². The van der Waals surface area contributed by atoms with Gasteiger partial charge in [0, 0.05) is 0 Å². The first-order valence-corrected chi connectivity index (χ1v) is 6.09. The second-order valence-electron chi connectivity index (χ2n) is 3.25. The molecule has 0 aromatic heterocycles. The van der Waals surface area contributed by atoms with Gasteiger partial charge >= 0.3 is 5.97 Å². The Balaban J connectivity index is 3.24. The first-order valence-electron chi connectivity index (χ1n) is 6.09. The molecule has 110 valence electrons. The lowest BCUT2D eigenvalue weighted by atomic mass is 10.5. The van der Waals surface area contributed by atoms with E-state index in [9.17, 15) is 4.79 Å². The SMILES string of the molecule is C=COCCOCCOCCOC(=C)C(=O)OCC. The summed E-state index contributed by atoms with van der Waals surface area (Å²) in [7, 11) is 0. The molecule has 0 bridgehead atoms. The summed E-state index contributed by atoms with van der Waals surface area (Å²) in [6, 6.07) is 0. The van der Waals surface area contributed by atoms with Crippen molar-refractivity contribution in [3.8, 4) is 0 Å². The molecule has 0 atom stereocenters. The summed E-state index contributed by atoms with van der Waals surface area (Å²) < 4.78 is 25.1. The van der Waals surface area contributed by atoms with Crippen LogP contribution in [0.25, 0.3) is 0 Å². The van der Waals surface area contributed by atoms with Crippen LogP contribution in [-0.2, 0) is 28.5 Å². The Labute approximate surface area is 113 Å². The summed E-state index contributed by atoms with van der Waals surface area (Å²) in [5.41, 5.74) is 0. The maximum absolute atomic E-state index is 11.1. The number of ether oxygens (including phenoxy) is 5. The van der Waals surface area contributed by atoms with Crippen LogP contribution in [0.3, 0.4) is 0 Å². The third kappa shape index (κ3) is 11.3. The highest BCUT2D eigenvalue weighted by atomic mass is 16.6. The van der Waals surface area contributed by atoms with Gasteiger partial charge in [0.1, 0.15) is 13.2 Å². The van der Waals surface area contributed by atoms with Crippen molar-refractivity contribution in [1.82, 2.24) is 0 Å². The van der Waals surface area contributed by atoms with Crippen LogP contribution in [0.2, 0.25) is 0 Å². The molecular weight excluding hydrogens is 252 g/mol. The summed E-state index contributed by atoms with van der Waals surface area (Å²) in [6.45, 7) is 11.4. The molecule has 0 radical (unpaired) electrons. The molecule has 6 heteroatoms. The van der Waals surface area contributed by atoms with Crippen molar-refractivity contribution < 1.29 is 28.5 Å². The number of hydrogen-bond acceptors (Lipinski definition) is 6. The molecule has 6 nitrogen and oxygen atoms in total. The van der Waals surface area contributed by atoms with E-state index in [2.05, 4.69) is 13.2 Å². The van der Waals surface area contributed by atoms with Gasteiger partial charge in [0.05, 0.1) is 39.3 Å². The molecule has 0 aliphatic heterocycles.